The SMILES string of the molecule is CCOc1nc2ccc(I)cc2c(=O)n1Cc1ccccc1. The second kappa shape index (κ2) is 6.48. The van der Waals surface area contributed by atoms with E-state index in [9.17, 15) is 4.79 Å². The van der Waals surface area contributed by atoms with Crippen LogP contribution in [0, 0.1) is 3.57 Å². The van der Waals surface area contributed by atoms with Crippen LogP contribution in [0.1, 0.15) is 12.5 Å². The fraction of sp³-hybridized carbons (Fsp3) is 0.176. The normalized spacial score (nSPS) is 10.8. The number of nitrogens with zero attached hydrogens (tertiary/aromatic N) is 2. The molecule has 3 aromatic rings. The summed E-state index contributed by atoms with van der Waals surface area (Å²) in [7, 11) is 0. The van der Waals surface area contributed by atoms with Gasteiger partial charge in [0.25, 0.3) is 11.6 Å². The van der Waals surface area contributed by atoms with Crippen LogP contribution >= 0.6 is 22.6 Å². The van der Waals surface area contributed by atoms with E-state index in [1.54, 1.807) is 4.57 Å². The van der Waals surface area contributed by atoms with E-state index in [-0.39, 0.29) is 5.56 Å². The maximum Gasteiger partial charge on any atom is 0.300 e. The van der Waals surface area contributed by atoms with Crippen molar-refractivity contribution in [3.63, 3.8) is 0 Å². The van der Waals surface area contributed by atoms with Crippen molar-refractivity contribution < 1.29 is 4.74 Å². The molecule has 0 saturated heterocycles. The molecular formula is C17H15IN2O2. The average molecular weight is 406 g/mol. The van der Waals surface area contributed by atoms with E-state index in [1.807, 2.05) is 55.5 Å². The Labute approximate surface area is 141 Å². The highest BCUT2D eigenvalue weighted by molar-refractivity contribution is 14.1. The molecule has 0 spiro atoms. The van der Waals surface area contributed by atoms with Crippen molar-refractivity contribution in [2.45, 2.75) is 13.5 Å². The van der Waals surface area contributed by atoms with Gasteiger partial charge in [-0.3, -0.25) is 9.36 Å². The van der Waals surface area contributed by atoms with Crippen LogP contribution < -0.4 is 10.3 Å². The lowest BCUT2D eigenvalue weighted by atomic mass is 10.2. The number of fused-ring (bicyclic) bond motifs is 1. The molecule has 0 fully saturated rings. The van der Waals surface area contributed by atoms with E-state index >= 15 is 0 Å². The molecule has 0 unspecified atom stereocenters. The van der Waals surface area contributed by atoms with Gasteiger partial charge in [0, 0.05) is 3.57 Å². The van der Waals surface area contributed by atoms with Crippen molar-refractivity contribution in [1.29, 1.82) is 0 Å². The maximum atomic E-state index is 12.8. The summed E-state index contributed by atoms with van der Waals surface area (Å²) in [5.41, 5.74) is 1.63. The molecule has 0 aliphatic carbocycles. The van der Waals surface area contributed by atoms with Gasteiger partial charge in [0.15, 0.2) is 0 Å². The summed E-state index contributed by atoms with van der Waals surface area (Å²) in [5.74, 6) is 0. The van der Waals surface area contributed by atoms with Gasteiger partial charge >= 0.3 is 0 Å². The summed E-state index contributed by atoms with van der Waals surface area (Å²) in [4.78, 5) is 17.3. The van der Waals surface area contributed by atoms with E-state index in [0.717, 1.165) is 9.13 Å². The number of hydrogen-bond acceptors (Lipinski definition) is 3. The molecule has 0 aliphatic heterocycles. The Morgan fingerprint density at radius 1 is 1.18 bits per heavy atom. The molecule has 0 aliphatic rings. The van der Waals surface area contributed by atoms with Gasteiger partial charge in [0.1, 0.15) is 0 Å². The Morgan fingerprint density at radius 2 is 1.95 bits per heavy atom. The van der Waals surface area contributed by atoms with E-state index in [2.05, 4.69) is 27.6 Å². The van der Waals surface area contributed by atoms with Crippen LogP contribution in [0.3, 0.4) is 0 Å². The monoisotopic (exact) mass is 406 g/mol. The first-order chi connectivity index (χ1) is 10.7. The minimum atomic E-state index is -0.0733. The standard InChI is InChI=1S/C17H15IN2O2/c1-2-22-17-19-15-9-8-13(18)10-14(15)16(21)20(17)11-12-6-4-3-5-7-12/h3-10H,2,11H2,1H3. The van der Waals surface area contributed by atoms with Crippen molar-refractivity contribution in [3.8, 4) is 6.01 Å². The van der Waals surface area contributed by atoms with Gasteiger partial charge in [0.05, 0.1) is 24.1 Å². The lowest BCUT2D eigenvalue weighted by molar-refractivity contribution is 0.293. The lowest BCUT2D eigenvalue weighted by Gasteiger charge is -2.13. The fourth-order valence-electron chi connectivity index (χ4n) is 2.32. The lowest BCUT2D eigenvalue weighted by Crippen LogP contribution is -2.24. The van der Waals surface area contributed by atoms with E-state index in [1.165, 1.54) is 0 Å². The molecule has 1 heterocycles. The number of halogens is 1. The Hall–Kier alpha value is -1.89. The smallest absolute Gasteiger partial charge is 0.300 e. The fourth-order valence-corrected chi connectivity index (χ4v) is 2.81. The van der Waals surface area contributed by atoms with Crippen LogP contribution in [-0.4, -0.2) is 16.2 Å². The van der Waals surface area contributed by atoms with Crippen LogP contribution in [-0.2, 0) is 6.54 Å². The van der Waals surface area contributed by atoms with Gasteiger partial charge in [-0.05, 0) is 53.3 Å². The summed E-state index contributed by atoms with van der Waals surface area (Å²) < 4.78 is 8.19. The molecule has 22 heavy (non-hydrogen) atoms. The molecule has 0 saturated carbocycles. The van der Waals surface area contributed by atoms with Crippen molar-refractivity contribution in [2.75, 3.05) is 6.61 Å². The van der Waals surface area contributed by atoms with Gasteiger partial charge < -0.3 is 4.74 Å². The molecular weight excluding hydrogens is 391 g/mol. The molecule has 0 radical (unpaired) electrons. The summed E-state index contributed by atoms with van der Waals surface area (Å²) in [6.45, 7) is 2.80. The predicted octanol–water partition coefficient (Wildman–Crippen LogP) is 3.45. The summed E-state index contributed by atoms with van der Waals surface area (Å²) in [6.07, 6.45) is 0. The van der Waals surface area contributed by atoms with Gasteiger partial charge in [-0.2, -0.15) is 4.98 Å². The number of aromatic nitrogens is 2. The van der Waals surface area contributed by atoms with Gasteiger partial charge in [0.2, 0.25) is 0 Å². The number of ether oxygens (including phenoxy) is 1. The van der Waals surface area contributed by atoms with Crippen LogP contribution in [0.5, 0.6) is 6.01 Å². The third-order valence-corrected chi connectivity index (χ3v) is 4.01. The van der Waals surface area contributed by atoms with Crippen LogP contribution in [0.2, 0.25) is 0 Å². The van der Waals surface area contributed by atoms with E-state index in [0.29, 0.717) is 30.1 Å². The van der Waals surface area contributed by atoms with Crippen molar-refractivity contribution in [1.82, 2.24) is 9.55 Å². The van der Waals surface area contributed by atoms with Crippen LogP contribution in [0.4, 0.5) is 0 Å². The van der Waals surface area contributed by atoms with Crippen molar-refractivity contribution in [2.24, 2.45) is 0 Å². The molecule has 0 bridgehead atoms. The van der Waals surface area contributed by atoms with Crippen LogP contribution in [0.15, 0.2) is 53.3 Å². The number of rotatable bonds is 4. The predicted molar refractivity (Wildman–Crippen MR) is 95.4 cm³/mol. The third-order valence-electron chi connectivity index (χ3n) is 3.34. The van der Waals surface area contributed by atoms with Crippen LogP contribution in [0.25, 0.3) is 10.9 Å². The zero-order chi connectivity index (χ0) is 15.5. The molecule has 3 rings (SSSR count). The highest BCUT2D eigenvalue weighted by atomic mass is 127. The van der Waals surface area contributed by atoms with Gasteiger partial charge in [-0.25, -0.2) is 0 Å². The number of hydrogen-bond donors (Lipinski definition) is 0. The second-order valence-electron chi connectivity index (χ2n) is 4.87. The first-order valence-electron chi connectivity index (χ1n) is 7.06. The summed E-state index contributed by atoms with van der Waals surface area (Å²) in [6, 6.07) is 15.9. The summed E-state index contributed by atoms with van der Waals surface area (Å²) in [5, 5.41) is 0.617. The van der Waals surface area contributed by atoms with Gasteiger partial charge in [-0.15, -0.1) is 0 Å². The quantitative estimate of drug-likeness (QED) is 0.624. The molecule has 2 aromatic carbocycles. The first kappa shape index (κ1) is 15.0. The Bertz CT molecular complexity index is 860. The van der Waals surface area contributed by atoms with E-state index in [4.69, 9.17) is 4.74 Å². The third kappa shape index (κ3) is 2.99. The van der Waals surface area contributed by atoms with Crippen molar-refractivity contribution in [3.05, 3.63) is 68.0 Å². The molecule has 0 atom stereocenters. The second-order valence-corrected chi connectivity index (χ2v) is 6.11. The molecule has 0 N–H and O–H groups in total. The molecule has 1 aromatic heterocycles. The van der Waals surface area contributed by atoms with Gasteiger partial charge in [-0.1, -0.05) is 30.3 Å². The maximum absolute atomic E-state index is 12.8. The molecule has 5 heteroatoms. The van der Waals surface area contributed by atoms with E-state index < -0.39 is 0 Å². The molecule has 112 valence electrons. The Kier molecular flexibility index (Phi) is 4.42. The first-order valence-corrected chi connectivity index (χ1v) is 8.13. The zero-order valence-corrected chi connectivity index (χ0v) is 14.3. The zero-order valence-electron chi connectivity index (χ0n) is 12.1. The average Bonchev–Trinajstić information content (AvgIpc) is 2.53. The highest BCUT2D eigenvalue weighted by Gasteiger charge is 2.12. The number of benzene rings is 2. The minimum absolute atomic E-state index is 0.0733. The largest absolute Gasteiger partial charge is 0.465 e. The Balaban J connectivity index is 2.19. The highest BCUT2D eigenvalue weighted by Crippen LogP contribution is 2.17. The molecule has 0 amide bonds. The Morgan fingerprint density at radius 3 is 2.68 bits per heavy atom. The topological polar surface area (TPSA) is 44.1 Å². The summed E-state index contributed by atoms with van der Waals surface area (Å²) >= 11 is 2.20. The van der Waals surface area contributed by atoms with Crippen molar-refractivity contribution >= 4 is 33.5 Å². The minimum Gasteiger partial charge on any atom is -0.465 e. The molecule has 4 nitrogen and oxygen atoms in total.